The van der Waals surface area contributed by atoms with Crippen molar-refractivity contribution in [2.24, 2.45) is 5.92 Å². The largest absolute Gasteiger partial charge is 0.360 e. The Balaban J connectivity index is 1.91. The highest BCUT2D eigenvalue weighted by Crippen LogP contribution is 2.09. The summed E-state index contributed by atoms with van der Waals surface area (Å²) in [5.74, 6) is 0.727. The fourth-order valence-corrected chi connectivity index (χ4v) is 1.37. The lowest BCUT2D eigenvalue weighted by Gasteiger charge is -2.09. The zero-order valence-electron chi connectivity index (χ0n) is 9.62. The molecule has 0 saturated heterocycles. The van der Waals surface area contributed by atoms with Gasteiger partial charge < -0.3 is 9.84 Å². The molecular formula is C10H13N5O2. The van der Waals surface area contributed by atoms with Crippen LogP contribution in [-0.2, 0) is 11.3 Å². The highest BCUT2D eigenvalue weighted by molar-refractivity contribution is 5.91. The van der Waals surface area contributed by atoms with Crippen molar-refractivity contribution in [2.75, 3.05) is 5.32 Å². The highest BCUT2D eigenvalue weighted by Gasteiger charge is 2.15. The molecule has 1 atom stereocenters. The molecule has 2 rings (SSSR count). The van der Waals surface area contributed by atoms with Gasteiger partial charge in [-0.1, -0.05) is 12.1 Å². The molecule has 0 saturated carbocycles. The Kier molecular flexibility index (Phi) is 3.17. The number of hydrogen-bond donors (Lipinski definition) is 1. The molecule has 2 aromatic heterocycles. The van der Waals surface area contributed by atoms with Gasteiger partial charge in [-0.2, -0.15) is 5.10 Å². The van der Waals surface area contributed by atoms with Crippen molar-refractivity contribution in [3.63, 3.8) is 0 Å². The Hall–Kier alpha value is -2.18. The predicted octanol–water partition coefficient (Wildman–Crippen LogP) is 0.849. The van der Waals surface area contributed by atoms with E-state index in [-0.39, 0.29) is 11.8 Å². The molecule has 17 heavy (non-hydrogen) atoms. The molecule has 2 aromatic rings. The normalized spacial score (nSPS) is 12.4. The zero-order chi connectivity index (χ0) is 12.3. The molecule has 0 spiro atoms. The Morgan fingerprint density at radius 1 is 1.65 bits per heavy atom. The quantitative estimate of drug-likeness (QED) is 0.849. The SMILES string of the molecule is Cc1cc(NC(=O)[C@@H](C)Cn2cncn2)no1. The van der Waals surface area contributed by atoms with Crippen LogP contribution in [0.4, 0.5) is 5.82 Å². The van der Waals surface area contributed by atoms with E-state index in [9.17, 15) is 4.79 Å². The summed E-state index contributed by atoms with van der Waals surface area (Å²) in [6.45, 7) is 4.05. The van der Waals surface area contributed by atoms with Crippen LogP contribution in [0.1, 0.15) is 12.7 Å². The molecule has 1 amide bonds. The molecule has 0 unspecified atom stereocenters. The highest BCUT2D eigenvalue weighted by atomic mass is 16.5. The number of hydrogen-bond acceptors (Lipinski definition) is 5. The summed E-state index contributed by atoms with van der Waals surface area (Å²) in [6.07, 6.45) is 3.01. The van der Waals surface area contributed by atoms with Crippen molar-refractivity contribution in [1.29, 1.82) is 0 Å². The Morgan fingerprint density at radius 3 is 3.06 bits per heavy atom. The number of aromatic nitrogens is 4. The number of carbonyl (C=O) groups excluding carboxylic acids is 1. The van der Waals surface area contributed by atoms with Gasteiger partial charge in [0.05, 0.1) is 12.5 Å². The molecule has 0 aliphatic rings. The van der Waals surface area contributed by atoms with Crippen LogP contribution < -0.4 is 5.32 Å². The van der Waals surface area contributed by atoms with Gasteiger partial charge in [0, 0.05) is 6.07 Å². The summed E-state index contributed by atoms with van der Waals surface area (Å²) in [7, 11) is 0. The fourth-order valence-electron chi connectivity index (χ4n) is 1.37. The first-order chi connectivity index (χ1) is 8.15. The third-order valence-corrected chi connectivity index (χ3v) is 2.25. The molecule has 7 nitrogen and oxygen atoms in total. The maximum Gasteiger partial charge on any atom is 0.230 e. The maximum atomic E-state index is 11.8. The van der Waals surface area contributed by atoms with Gasteiger partial charge in [-0.25, -0.2) is 4.98 Å². The summed E-state index contributed by atoms with van der Waals surface area (Å²) in [4.78, 5) is 15.6. The third-order valence-electron chi connectivity index (χ3n) is 2.25. The van der Waals surface area contributed by atoms with Crippen molar-refractivity contribution in [3.8, 4) is 0 Å². The lowest BCUT2D eigenvalue weighted by Crippen LogP contribution is -2.24. The first-order valence-electron chi connectivity index (χ1n) is 5.22. The molecule has 0 fully saturated rings. The number of anilines is 1. The monoisotopic (exact) mass is 235 g/mol. The van der Waals surface area contributed by atoms with Crippen LogP contribution in [0, 0.1) is 12.8 Å². The summed E-state index contributed by atoms with van der Waals surface area (Å²) in [6, 6.07) is 1.67. The summed E-state index contributed by atoms with van der Waals surface area (Å²) < 4.78 is 6.47. The molecule has 1 N–H and O–H groups in total. The summed E-state index contributed by atoms with van der Waals surface area (Å²) in [5.41, 5.74) is 0. The minimum Gasteiger partial charge on any atom is -0.360 e. The number of rotatable bonds is 4. The topological polar surface area (TPSA) is 85.8 Å². The van der Waals surface area contributed by atoms with Gasteiger partial charge in [0.1, 0.15) is 18.4 Å². The molecule has 7 heteroatoms. The molecule has 0 radical (unpaired) electrons. The summed E-state index contributed by atoms with van der Waals surface area (Å²) >= 11 is 0. The van der Waals surface area contributed by atoms with E-state index < -0.39 is 0 Å². The Morgan fingerprint density at radius 2 is 2.47 bits per heavy atom. The molecular weight excluding hydrogens is 222 g/mol. The molecule has 0 aromatic carbocycles. The third kappa shape index (κ3) is 2.90. The van der Waals surface area contributed by atoms with Gasteiger partial charge in [-0.3, -0.25) is 9.48 Å². The number of carbonyl (C=O) groups is 1. The average Bonchev–Trinajstić information content (AvgIpc) is 2.90. The van der Waals surface area contributed by atoms with E-state index in [1.165, 1.54) is 6.33 Å². The lowest BCUT2D eigenvalue weighted by atomic mass is 10.1. The van der Waals surface area contributed by atoms with Gasteiger partial charge in [0.15, 0.2) is 5.82 Å². The molecule has 0 bridgehead atoms. The van der Waals surface area contributed by atoms with Crippen molar-refractivity contribution >= 4 is 11.7 Å². The first-order valence-corrected chi connectivity index (χ1v) is 5.22. The first kappa shape index (κ1) is 11.3. The predicted molar refractivity (Wildman–Crippen MR) is 59.1 cm³/mol. The van der Waals surface area contributed by atoms with Crippen molar-refractivity contribution < 1.29 is 9.32 Å². The van der Waals surface area contributed by atoms with Crippen molar-refractivity contribution in [3.05, 3.63) is 24.5 Å². The second-order valence-corrected chi connectivity index (χ2v) is 3.83. The standard InChI is InChI=1S/C10H13N5O2/c1-7(4-15-6-11-5-12-15)10(16)13-9-3-8(2)17-14-9/h3,5-7H,4H2,1-2H3,(H,13,14,16)/t7-/m0/s1. The van der Waals surface area contributed by atoms with E-state index in [2.05, 4.69) is 20.6 Å². The van der Waals surface area contributed by atoms with Gasteiger partial charge in [-0.15, -0.1) is 0 Å². The van der Waals surface area contributed by atoms with Crippen LogP contribution in [0.2, 0.25) is 0 Å². The molecule has 90 valence electrons. The number of nitrogens with one attached hydrogen (secondary N) is 1. The average molecular weight is 235 g/mol. The van der Waals surface area contributed by atoms with Crippen LogP contribution in [0.3, 0.4) is 0 Å². The van der Waals surface area contributed by atoms with E-state index >= 15 is 0 Å². The molecule has 0 aliphatic carbocycles. The molecule has 2 heterocycles. The maximum absolute atomic E-state index is 11.8. The van der Waals surface area contributed by atoms with Crippen LogP contribution in [-0.4, -0.2) is 25.8 Å². The second kappa shape index (κ2) is 4.77. The second-order valence-electron chi connectivity index (χ2n) is 3.83. The van der Waals surface area contributed by atoms with E-state index in [0.717, 1.165) is 0 Å². The van der Waals surface area contributed by atoms with Gasteiger partial charge in [0.25, 0.3) is 0 Å². The minimum absolute atomic E-state index is 0.131. The van der Waals surface area contributed by atoms with Gasteiger partial charge in [-0.05, 0) is 6.92 Å². The van der Waals surface area contributed by atoms with E-state index in [1.807, 2.05) is 6.92 Å². The van der Waals surface area contributed by atoms with E-state index in [1.54, 1.807) is 24.0 Å². The van der Waals surface area contributed by atoms with E-state index in [4.69, 9.17) is 4.52 Å². The van der Waals surface area contributed by atoms with Crippen LogP contribution in [0.5, 0.6) is 0 Å². The minimum atomic E-state index is -0.228. The summed E-state index contributed by atoms with van der Waals surface area (Å²) in [5, 5.41) is 10.3. The van der Waals surface area contributed by atoms with Gasteiger partial charge >= 0.3 is 0 Å². The number of aryl methyl sites for hydroxylation is 1. The Bertz CT molecular complexity index is 491. The number of amides is 1. The number of nitrogens with zero attached hydrogens (tertiary/aromatic N) is 4. The zero-order valence-corrected chi connectivity index (χ0v) is 9.62. The van der Waals surface area contributed by atoms with Crippen molar-refractivity contribution in [1.82, 2.24) is 19.9 Å². The van der Waals surface area contributed by atoms with Crippen LogP contribution >= 0.6 is 0 Å². The smallest absolute Gasteiger partial charge is 0.230 e. The van der Waals surface area contributed by atoms with Crippen LogP contribution in [0.25, 0.3) is 0 Å². The Labute approximate surface area is 97.8 Å². The van der Waals surface area contributed by atoms with Crippen LogP contribution in [0.15, 0.2) is 23.2 Å². The molecule has 0 aliphatic heterocycles. The van der Waals surface area contributed by atoms with E-state index in [0.29, 0.717) is 18.1 Å². The lowest BCUT2D eigenvalue weighted by molar-refractivity contribution is -0.119. The van der Waals surface area contributed by atoms with Gasteiger partial charge in [0.2, 0.25) is 5.91 Å². The van der Waals surface area contributed by atoms with Crippen molar-refractivity contribution in [2.45, 2.75) is 20.4 Å². The fraction of sp³-hybridized carbons (Fsp3) is 0.400.